The Morgan fingerprint density at radius 1 is 1.33 bits per heavy atom. The fourth-order valence-electron chi connectivity index (χ4n) is 2.16. The van der Waals surface area contributed by atoms with E-state index in [1.54, 1.807) is 0 Å². The third-order valence-electron chi connectivity index (χ3n) is 3.14. The molecule has 5 nitrogen and oxygen atoms in total. The number of nitrogens with zero attached hydrogens (tertiary/aromatic N) is 1. The molecule has 0 saturated carbocycles. The number of amides is 1. The summed E-state index contributed by atoms with van der Waals surface area (Å²) < 4.78 is 51.7. The van der Waals surface area contributed by atoms with Crippen molar-refractivity contribution in [3.05, 3.63) is 35.4 Å². The highest BCUT2D eigenvalue weighted by atomic mass is 32.2. The number of halogens is 2. The molecule has 0 radical (unpaired) electrons. The van der Waals surface area contributed by atoms with E-state index in [4.69, 9.17) is 4.18 Å². The summed E-state index contributed by atoms with van der Waals surface area (Å²) in [5.41, 5.74) is 0.623. The summed E-state index contributed by atoms with van der Waals surface area (Å²) in [5, 5.41) is 0. The van der Waals surface area contributed by atoms with Crippen molar-refractivity contribution in [3.63, 3.8) is 0 Å². The van der Waals surface area contributed by atoms with Gasteiger partial charge in [-0.25, -0.2) is 8.78 Å². The molecule has 0 unspecified atom stereocenters. The molecule has 0 aliphatic carbocycles. The molecule has 0 bridgehead atoms. The summed E-state index contributed by atoms with van der Waals surface area (Å²) >= 11 is 0. The normalized spacial score (nSPS) is 19.5. The standard InChI is InChI=1S/C13H15F2NO4S/c1-21(18,19)20-11-6-7-16(13(11)17)8-9-2-4-10(5-3-9)12(14)15/h2-5,11-12H,6-8H2,1H3/t11-/m0/s1. The summed E-state index contributed by atoms with van der Waals surface area (Å²) in [4.78, 5) is 13.4. The van der Waals surface area contributed by atoms with Crippen LogP contribution >= 0.6 is 0 Å². The highest BCUT2D eigenvalue weighted by Crippen LogP contribution is 2.22. The van der Waals surface area contributed by atoms with Crippen LogP contribution in [0.3, 0.4) is 0 Å². The molecule has 0 spiro atoms. The van der Waals surface area contributed by atoms with E-state index >= 15 is 0 Å². The number of carbonyl (C=O) groups is 1. The second kappa shape index (κ2) is 6.07. The van der Waals surface area contributed by atoms with Crippen molar-refractivity contribution in [1.29, 1.82) is 0 Å². The van der Waals surface area contributed by atoms with E-state index in [9.17, 15) is 22.0 Å². The molecule has 8 heteroatoms. The Hall–Kier alpha value is -1.54. The van der Waals surface area contributed by atoms with Gasteiger partial charge in [0.2, 0.25) is 0 Å². The van der Waals surface area contributed by atoms with Gasteiger partial charge in [0.25, 0.3) is 22.5 Å². The number of likely N-dealkylation sites (tertiary alicyclic amines) is 1. The lowest BCUT2D eigenvalue weighted by atomic mass is 10.1. The average Bonchev–Trinajstić information content (AvgIpc) is 2.70. The molecule has 1 amide bonds. The van der Waals surface area contributed by atoms with Crippen LogP contribution in [0.25, 0.3) is 0 Å². The predicted molar refractivity (Wildman–Crippen MR) is 71.1 cm³/mol. The van der Waals surface area contributed by atoms with Crippen molar-refractivity contribution in [2.75, 3.05) is 12.8 Å². The molecule has 2 rings (SSSR count). The van der Waals surface area contributed by atoms with Gasteiger partial charge in [-0.3, -0.25) is 8.98 Å². The highest BCUT2D eigenvalue weighted by Gasteiger charge is 2.34. The molecular formula is C13H15F2NO4S. The Kier molecular flexibility index (Phi) is 4.58. The van der Waals surface area contributed by atoms with E-state index in [-0.39, 0.29) is 12.1 Å². The molecule has 1 atom stereocenters. The predicted octanol–water partition coefficient (Wildman–Crippen LogP) is 1.70. The number of carbonyl (C=O) groups excluding carboxylic acids is 1. The van der Waals surface area contributed by atoms with Gasteiger partial charge in [0.15, 0.2) is 6.10 Å². The highest BCUT2D eigenvalue weighted by molar-refractivity contribution is 7.86. The van der Waals surface area contributed by atoms with Gasteiger partial charge in [-0.1, -0.05) is 24.3 Å². The van der Waals surface area contributed by atoms with Gasteiger partial charge in [0.05, 0.1) is 6.26 Å². The minimum atomic E-state index is -3.68. The molecule has 1 fully saturated rings. The minimum Gasteiger partial charge on any atom is -0.336 e. The quantitative estimate of drug-likeness (QED) is 0.775. The van der Waals surface area contributed by atoms with Crippen LogP contribution in [0.1, 0.15) is 24.0 Å². The van der Waals surface area contributed by atoms with Crippen LogP contribution in [0.2, 0.25) is 0 Å². The van der Waals surface area contributed by atoms with Crippen molar-refractivity contribution in [3.8, 4) is 0 Å². The summed E-state index contributed by atoms with van der Waals surface area (Å²) in [7, 11) is -3.68. The zero-order valence-electron chi connectivity index (χ0n) is 11.3. The van der Waals surface area contributed by atoms with Crippen LogP contribution in [-0.2, 0) is 25.6 Å². The van der Waals surface area contributed by atoms with E-state index in [0.29, 0.717) is 18.5 Å². The van der Waals surface area contributed by atoms with Crippen LogP contribution in [0, 0.1) is 0 Å². The first-order valence-electron chi connectivity index (χ1n) is 6.30. The maximum Gasteiger partial charge on any atom is 0.265 e. The first-order valence-corrected chi connectivity index (χ1v) is 8.12. The molecule has 1 aliphatic rings. The minimum absolute atomic E-state index is 0.0789. The molecule has 21 heavy (non-hydrogen) atoms. The molecule has 1 aromatic rings. The van der Waals surface area contributed by atoms with Gasteiger partial charge in [0, 0.05) is 25.1 Å². The second-order valence-electron chi connectivity index (χ2n) is 4.88. The molecule has 116 valence electrons. The van der Waals surface area contributed by atoms with Crippen molar-refractivity contribution in [1.82, 2.24) is 4.90 Å². The van der Waals surface area contributed by atoms with Gasteiger partial charge >= 0.3 is 0 Å². The molecule has 1 aromatic carbocycles. The Balaban J connectivity index is 1.99. The first-order chi connectivity index (χ1) is 9.76. The smallest absolute Gasteiger partial charge is 0.265 e. The zero-order valence-corrected chi connectivity index (χ0v) is 12.1. The second-order valence-corrected chi connectivity index (χ2v) is 6.48. The summed E-state index contributed by atoms with van der Waals surface area (Å²) in [6.07, 6.45) is -2.33. The van der Waals surface area contributed by atoms with Gasteiger partial charge in [-0.05, 0) is 5.56 Å². The number of hydrogen-bond donors (Lipinski definition) is 0. The maximum absolute atomic E-state index is 12.4. The van der Waals surface area contributed by atoms with E-state index < -0.39 is 28.6 Å². The van der Waals surface area contributed by atoms with Gasteiger partial charge in [0.1, 0.15) is 0 Å². The van der Waals surface area contributed by atoms with Crippen molar-refractivity contribution < 1.29 is 26.2 Å². The zero-order chi connectivity index (χ0) is 15.6. The third kappa shape index (κ3) is 4.21. The molecule has 0 N–H and O–H groups in total. The number of alkyl halides is 2. The number of hydrogen-bond acceptors (Lipinski definition) is 4. The summed E-state index contributed by atoms with van der Waals surface area (Å²) in [6.45, 7) is 0.613. The molecule has 1 aliphatic heterocycles. The van der Waals surface area contributed by atoms with Crippen molar-refractivity contribution >= 4 is 16.0 Å². The van der Waals surface area contributed by atoms with Crippen LogP contribution in [0.15, 0.2) is 24.3 Å². The van der Waals surface area contributed by atoms with Crippen LogP contribution in [0.5, 0.6) is 0 Å². The average molecular weight is 319 g/mol. The van der Waals surface area contributed by atoms with Gasteiger partial charge < -0.3 is 4.90 Å². The largest absolute Gasteiger partial charge is 0.336 e. The summed E-state index contributed by atoms with van der Waals surface area (Å²) in [5.74, 6) is -0.404. The first kappa shape index (κ1) is 15.8. The lowest BCUT2D eigenvalue weighted by Crippen LogP contribution is -2.31. The molecular weight excluding hydrogens is 304 g/mol. The van der Waals surface area contributed by atoms with E-state index in [2.05, 4.69) is 0 Å². The van der Waals surface area contributed by atoms with Crippen molar-refractivity contribution in [2.45, 2.75) is 25.5 Å². The van der Waals surface area contributed by atoms with Gasteiger partial charge in [-0.15, -0.1) is 0 Å². The topological polar surface area (TPSA) is 63.7 Å². The van der Waals surface area contributed by atoms with E-state index in [1.807, 2.05) is 0 Å². The fourth-order valence-corrected chi connectivity index (χ4v) is 2.76. The summed E-state index contributed by atoms with van der Waals surface area (Å²) in [6, 6.07) is 5.68. The Morgan fingerprint density at radius 3 is 2.48 bits per heavy atom. The maximum atomic E-state index is 12.4. The Labute approximate surface area is 121 Å². The SMILES string of the molecule is CS(=O)(=O)O[C@H]1CCN(Cc2ccc(C(F)F)cc2)C1=O. The van der Waals surface area contributed by atoms with E-state index in [1.165, 1.54) is 29.2 Å². The molecule has 1 saturated heterocycles. The molecule has 0 aromatic heterocycles. The van der Waals surface area contributed by atoms with E-state index in [0.717, 1.165) is 6.26 Å². The van der Waals surface area contributed by atoms with Crippen LogP contribution in [-0.4, -0.2) is 38.1 Å². The van der Waals surface area contributed by atoms with Gasteiger partial charge in [-0.2, -0.15) is 8.42 Å². The van der Waals surface area contributed by atoms with Crippen LogP contribution < -0.4 is 0 Å². The lowest BCUT2D eigenvalue weighted by Gasteiger charge is -2.16. The number of rotatable bonds is 5. The monoisotopic (exact) mass is 319 g/mol. The Bertz CT molecular complexity index is 616. The van der Waals surface area contributed by atoms with Crippen molar-refractivity contribution in [2.24, 2.45) is 0 Å². The number of benzene rings is 1. The fraction of sp³-hybridized carbons (Fsp3) is 0.462. The van der Waals surface area contributed by atoms with Crippen LogP contribution in [0.4, 0.5) is 8.78 Å². The molecule has 1 heterocycles. The Morgan fingerprint density at radius 2 is 1.95 bits per heavy atom. The lowest BCUT2D eigenvalue weighted by molar-refractivity contribution is -0.133. The third-order valence-corrected chi connectivity index (χ3v) is 3.73.